The summed E-state index contributed by atoms with van der Waals surface area (Å²) in [4.78, 5) is 14.0. The molecule has 2 rings (SSSR count). The van der Waals surface area contributed by atoms with E-state index in [1.807, 2.05) is 4.90 Å². The van der Waals surface area contributed by atoms with E-state index < -0.39 is 0 Å². The maximum atomic E-state index is 12.1. The molecule has 0 bridgehead atoms. The van der Waals surface area contributed by atoms with Gasteiger partial charge in [-0.25, -0.2) is 0 Å². The monoisotopic (exact) mass is 264 g/mol. The number of hydrogen-bond acceptors (Lipinski definition) is 4. The second-order valence-corrected chi connectivity index (χ2v) is 4.35. The van der Waals surface area contributed by atoms with Crippen molar-refractivity contribution in [1.29, 1.82) is 0 Å². The summed E-state index contributed by atoms with van der Waals surface area (Å²) in [6.45, 7) is 3.37. The first-order valence-corrected chi connectivity index (χ1v) is 6.03. The fourth-order valence-corrected chi connectivity index (χ4v) is 2.23. The van der Waals surface area contributed by atoms with Gasteiger partial charge in [-0.3, -0.25) is 4.79 Å². The molecular formula is C11H21ClN2O3. The maximum absolute atomic E-state index is 12.1. The van der Waals surface area contributed by atoms with Crippen LogP contribution in [0.1, 0.15) is 19.3 Å². The van der Waals surface area contributed by atoms with Crippen LogP contribution in [0, 0.1) is 0 Å². The lowest BCUT2D eigenvalue weighted by atomic mass is 10.2. The lowest BCUT2D eigenvalue weighted by Gasteiger charge is -2.23. The van der Waals surface area contributed by atoms with Crippen LogP contribution in [-0.2, 0) is 14.3 Å². The van der Waals surface area contributed by atoms with Gasteiger partial charge in [0.2, 0.25) is 0 Å². The van der Waals surface area contributed by atoms with Crippen LogP contribution in [0.5, 0.6) is 0 Å². The highest BCUT2D eigenvalue weighted by Crippen LogP contribution is 2.21. The van der Waals surface area contributed by atoms with E-state index in [4.69, 9.17) is 15.2 Å². The molecule has 17 heavy (non-hydrogen) atoms. The number of rotatable bonds is 2. The zero-order valence-electron chi connectivity index (χ0n) is 9.97. The number of carbonyl (C=O) groups excluding carboxylic acids is 1. The first-order valence-electron chi connectivity index (χ1n) is 6.03. The molecule has 100 valence electrons. The van der Waals surface area contributed by atoms with Gasteiger partial charge in [0.25, 0.3) is 5.91 Å². The van der Waals surface area contributed by atoms with Gasteiger partial charge in [-0.15, -0.1) is 12.4 Å². The van der Waals surface area contributed by atoms with E-state index in [0.717, 1.165) is 32.4 Å². The Labute approximate surface area is 108 Å². The van der Waals surface area contributed by atoms with Crippen LogP contribution in [0.15, 0.2) is 0 Å². The maximum Gasteiger partial charge on any atom is 0.251 e. The Morgan fingerprint density at radius 2 is 2.12 bits per heavy atom. The van der Waals surface area contributed by atoms with Crippen LogP contribution < -0.4 is 5.73 Å². The molecule has 0 saturated carbocycles. The van der Waals surface area contributed by atoms with Gasteiger partial charge in [-0.2, -0.15) is 0 Å². The summed E-state index contributed by atoms with van der Waals surface area (Å²) in [5.41, 5.74) is 5.53. The normalized spacial score (nSPS) is 29.6. The molecule has 0 aromatic rings. The van der Waals surface area contributed by atoms with Crippen molar-refractivity contribution < 1.29 is 14.3 Å². The highest BCUT2D eigenvalue weighted by atomic mass is 35.5. The summed E-state index contributed by atoms with van der Waals surface area (Å²) in [6, 6.07) is 0. The Bertz CT molecular complexity index is 245. The summed E-state index contributed by atoms with van der Waals surface area (Å²) < 4.78 is 10.9. The highest BCUT2D eigenvalue weighted by Gasteiger charge is 2.32. The van der Waals surface area contributed by atoms with E-state index in [1.54, 1.807) is 0 Å². The molecule has 0 radical (unpaired) electrons. The number of nitrogens with two attached hydrogens (primary N) is 1. The molecule has 5 nitrogen and oxygen atoms in total. The molecule has 1 amide bonds. The molecule has 2 atom stereocenters. The van der Waals surface area contributed by atoms with Crippen molar-refractivity contribution in [2.24, 2.45) is 5.73 Å². The average molecular weight is 265 g/mol. The van der Waals surface area contributed by atoms with Crippen LogP contribution in [0.2, 0.25) is 0 Å². The quantitative estimate of drug-likeness (QED) is 0.772. The molecule has 6 heteroatoms. The average Bonchev–Trinajstić information content (AvgIpc) is 2.62. The van der Waals surface area contributed by atoms with Gasteiger partial charge in [-0.05, 0) is 19.3 Å². The number of halogens is 1. The zero-order valence-corrected chi connectivity index (χ0v) is 10.8. The van der Waals surface area contributed by atoms with Crippen molar-refractivity contribution in [3.05, 3.63) is 0 Å². The minimum Gasteiger partial charge on any atom is -0.380 e. The Balaban J connectivity index is 0.00000144. The molecule has 2 aliphatic rings. The number of ether oxygens (including phenoxy) is 2. The lowest BCUT2D eigenvalue weighted by molar-refractivity contribution is -0.142. The standard InChI is InChI=1S/C11H20N2O3.ClH/c12-8-9-2-3-10(16-9)11(14)13-4-1-6-15-7-5-13;/h9-10H,1-8,12H2;1H/t9-,10+;/m1./s1. The SMILES string of the molecule is Cl.NC[C@H]1CC[C@@H](C(=O)N2CCCOCC2)O1. The van der Waals surface area contributed by atoms with Crippen LogP contribution in [-0.4, -0.2) is 55.9 Å². The Morgan fingerprint density at radius 1 is 1.29 bits per heavy atom. The molecule has 0 aliphatic carbocycles. The van der Waals surface area contributed by atoms with E-state index in [1.165, 1.54) is 0 Å². The molecule has 2 fully saturated rings. The predicted molar refractivity (Wildman–Crippen MR) is 66.2 cm³/mol. The number of nitrogens with zero attached hydrogens (tertiary/aromatic N) is 1. The molecule has 0 spiro atoms. The smallest absolute Gasteiger partial charge is 0.251 e. The number of carbonyl (C=O) groups is 1. The first kappa shape index (κ1) is 14.7. The lowest BCUT2D eigenvalue weighted by Crippen LogP contribution is -2.41. The third kappa shape index (κ3) is 3.81. The Morgan fingerprint density at radius 3 is 2.82 bits per heavy atom. The van der Waals surface area contributed by atoms with Crippen LogP contribution in [0.25, 0.3) is 0 Å². The van der Waals surface area contributed by atoms with Gasteiger partial charge in [0.05, 0.1) is 12.7 Å². The van der Waals surface area contributed by atoms with Crippen molar-refractivity contribution >= 4 is 18.3 Å². The number of hydrogen-bond donors (Lipinski definition) is 1. The molecule has 2 heterocycles. The summed E-state index contributed by atoms with van der Waals surface area (Å²) >= 11 is 0. The second kappa shape index (κ2) is 7.16. The van der Waals surface area contributed by atoms with Crippen LogP contribution in [0.4, 0.5) is 0 Å². The van der Waals surface area contributed by atoms with Crippen molar-refractivity contribution in [3.63, 3.8) is 0 Å². The molecule has 0 unspecified atom stereocenters. The van der Waals surface area contributed by atoms with E-state index in [0.29, 0.717) is 19.7 Å². The van der Waals surface area contributed by atoms with Crippen LogP contribution in [0.3, 0.4) is 0 Å². The van der Waals surface area contributed by atoms with Crippen LogP contribution >= 0.6 is 12.4 Å². The van der Waals surface area contributed by atoms with E-state index in [9.17, 15) is 4.79 Å². The third-order valence-electron chi connectivity index (χ3n) is 3.18. The summed E-state index contributed by atoms with van der Waals surface area (Å²) in [7, 11) is 0. The first-order chi connectivity index (χ1) is 7.81. The Kier molecular flexibility index (Phi) is 6.19. The van der Waals surface area contributed by atoms with Gasteiger partial charge in [0, 0.05) is 26.2 Å². The summed E-state index contributed by atoms with van der Waals surface area (Å²) in [5.74, 6) is 0.112. The largest absolute Gasteiger partial charge is 0.380 e. The predicted octanol–water partition coefficient (Wildman–Crippen LogP) is 0.163. The van der Waals surface area contributed by atoms with Gasteiger partial charge >= 0.3 is 0 Å². The minimum absolute atomic E-state index is 0. The van der Waals surface area contributed by atoms with E-state index in [-0.39, 0.29) is 30.5 Å². The molecule has 0 aromatic carbocycles. The highest BCUT2D eigenvalue weighted by molar-refractivity contribution is 5.85. The van der Waals surface area contributed by atoms with Gasteiger partial charge < -0.3 is 20.1 Å². The van der Waals surface area contributed by atoms with Crippen molar-refractivity contribution in [2.45, 2.75) is 31.5 Å². The van der Waals surface area contributed by atoms with Crippen molar-refractivity contribution in [3.8, 4) is 0 Å². The molecular weight excluding hydrogens is 244 g/mol. The van der Waals surface area contributed by atoms with E-state index >= 15 is 0 Å². The minimum atomic E-state index is -0.272. The zero-order chi connectivity index (χ0) is 11.4. The fraction of sp³-hybridized carbons (Fsp3) is 0.909. The molecule has 0 aromatic heterocycles. The summed E-state index contributed by atoms with van der Waals surface area (Å²) in [6.07, 6.45) is 2.41. The second-order valence-electron chi connectivity index (χ2n) is 4.35. The van der Waals surface area contributed by atoms with Gasteiger partial charge in [-0.1, -0.05) is 0 Å². The van der Waals surface area contributed by atoms with E-state index in [2.05, 4.69) is 0 Å². The molecule has 2 aliphatic heterocycles. The van der Waals surface area contributed by atoms with Crippen molar-refractivity contribution in [1.82, 2.24) is 4.90 Å². The van der Waals surface area contributed by atoms with Gasteiger partial charge in [0.1, 0.15) is 6.10 Å². The number of amides is 1. The molecule has 2 saturated heterocycles. The molecule has 2 N–H and O–H groups in total. The fourth-order valence-electron chi connectivity index (χ4n) is 2.23. The Hall–Kier alpha value is -0.360. The summed E-state index contributed by atoms with van der Waals surface area (Å²) in [5, 5.41) is 0. The third-order valence-corrected chi connectivity index (χ3v) is 3.18. The van der Waals surface area contributed by atoms with Gasteiger partial charge in [0.15, 0.2) is 0 Å². The topological polar surface area (TPSA) is 64.8 Å². The van der Waals surface area contributed by atoms with Crippen molar-refractivity contribution in [2.75, 3.05) is 32.8 Å².